The number of aromatic nitrogens is 1. The van der Waals surface area contributed by atoms with Crippen molar-refractivity contribution in [1.29, 1.82) is 0 Å². The first-order valence-corrected chi connectivity index (χ1v) is 7.53. The van der Waals surface area contributed by atoms with Gasteiger partial charge in [0, 0.05) is 23.1 Å². The summed E-state index contributed by atoms with van der Waals surface area (Å²) in [5.74, 6) is -0.891. The Balaban J connectivity index is 2.09. The van der Waals surface area contributed by atoms with Gasteiger partial charge >= 0.3 is 12.1 Å². The lowest BCUT2D eigenvalue weighted by Crippen LogP contribution is -2.33. The maximum atomic E-state index is 11.7. The summed E-state index contributed by atoms with van der Waals surface area (Å²) in [5, 5.41) is 12.7. The van der Waals surface area contributed by atoms with E-state index >= 15 is 0 Å². The molecule has 0 saturated carbocycles. The fraction of sp³-hybridized carbons (Fsp3) is 0.412. The van der Waals surface area contributed by atoms with Crippen LogP contribution in [0.3, 0.4) is 0 Å². The Morgan fingerprint density at radius 3 is 2.61 bits per heavy atom. The molecule has 23 heavy (non-hydrogen) atoms. The van der Waals surface area contributed by atoms with Crippen molar-refractivity contribution in [2.75, 3.05) is 6.54 Å². The number of rotatable bonds is 5. The molecule has 0 fully saturated rings. The fourth-order valence-corrected chi connectivity index (χ4v) is 2.45. The highest BCUT2D eigenvalue weighted by atomic mass is 16.6. The minimum atomic E-state index is -0.891. The molecular weight excluding hydrogens is 296 g/mol. The molecule has 0 aliphatic carbocycles. The first-order chi connectivity index (χ1) is 10.8. The van der Waals surface area contributed by atoms with E-state index in [-0.39, 0.29) is 6.42 Å². The van der Waals surface area contributed by atoms with Crippen LogP contribution in [0, 0.1) is 0 Å². The number of carboxylic acid groups (broad SMARTS) is 1. The molecule has 6 nitrogen and oxygen atoms in total. The van der Waals surface area contributed by atoms with Crippen LogP contribution in [0.2, 0.25) is 0 Å². The third-order valence-corrected chi connectivity index (χ3v) is 3.27. The lowest BCUT2D eigenvalue weighted by Gasteiger charge is -2.19. The smallest absolute Gasteiger partial charge is 0.407 e. The van der Waals surface area contributed by atoms with Gasteiger partial charge in [0.15, 0.2) is 0 Å². The van der Waals surface area contributed by atoms with Gasteiger partial charge in [-0.25, -0.2) is 4.79 Å². The first-order valence-electron chi connectivity index (χ1n) is 7.53. The zero-order valence-corrected chi connectivity index (χ0v) is 13.6. The van der Waals surface area contributed by atoms with Crippen molar-refractivity contribution >= 4 is 23.0 Å². The van der Waals surface area contributed by atoms with Gasteiger partial charge in [-0.15, -0.1) is 0 Å². The summed E-state index contributed by atoms with van der Waals surface area (Å²) in [6.07, 6.45) is -0.0142. The fourth-order valence-electron chi connectivity index (χ4n) is 2.45. The van der Waals surface area contributed by atoms with Crippen molar-refractivity contribution in [2.45, 2.75) is 39.2 Å². The molecule has 2 rings (SSSR count). The summed E-state index contributed by atoms with van der Waals surface area (Å²) in [7, 11) is 0. The van der Waals surface area contributed by atoms with Gasteiger partial charge in [0.25, 0.3) is 0 Å². The molecule has 0 aliphatic rings. The van der Waals surface area contributed by atoms with E-state index in [0.717, 1.165) is 16.5 Å². The van der Waals surface area contributed by atoms with E-state index in [9.17, 15) is 9.59 Å². The maximum absolute atomic E-state index is 11.7. The van der Waals surface area contributed by atoms with Gasteiger partial charge in [-0.05, 0) is 38.8 Å². The molecule has 0 spiro atoms. The Bertz CT molecular complexity index is 713. The quantitative estimate of drug-likeness (QED) is 0.790. The minimum absolute atomic E-state index is 0.0730. The largest absolute Gasteiger partial charge is 0.481 e. The molecule has 0 unspecified atom stereocenters. The predicted octanol–water partition coefficient (Wildman–Crippen LogP) is 2.86. The number of fused-ring (bicyclic) bond motifs is 1. The van der Waals surface area contributed by atoms with Crippen LogP contribution in [0.1, 0.15) is 32.0 Å². The van der Waals surface area contributed by atoms with Crippen LogP contribution in [0.15, 0.2) is 24.3 Å². The highest BCUT2D eigenvalue weighted by molar-refractivity contribution is 5.86. The van der Waals surface area contributed by atoms with Crippen LogP contribution < -0.4 is 5.32 Å². The van der Waals surface area contributed by atoms with Crippen molar-refractivity contribution in [1.82, 2.24) is 10.3 Å². The molecular formula is C17H22N2O4. The highest BCUT2D eigenvalue weighted by Gasteiger charge is 2.17. The average Bonchev–Trinajstić information content (AvgIpc) is 2.74. The number of carbonyl (C=O) groups is 2. The molecule has 0 radical (unpaired) electrons. The second kappa shape index (κ2) is 6.73. The van der Waals surface area contributed by atoms with E-state index < -0.39 is 17.7 Å². The first kappa shape index (κ1) is 16.9. The number of nitrogens with one attached hydrogen (secondary N) is 2. The molecule has 2 aromatic rings. The van der Waals surface area contributed by atoms with Crippen LogP contribution in [0.5, 0.6) is 0 Å². The molecule has 0 saturated heterocycles. The van der Waals surface area contributed by atoms with Crippen molar-refractivity contribution in [3.63, 3.8) is 0 Å². The van der Waals surface area contributed by atoms with Gasteiger partial charge in [0.05, 0.1) is 6.42 Å². The molecule has 1 heterocycles. The van der Waals surface area contributed by atoms with E-state index in [1.54, 1.807) is 20.8 Å². The number of amides is 1. The third kappa shape index (κ3) is 4.74. The van der Waals surface area contributed by atoms with Crippen LogP contribution in [0.25, 0.3) is 10.9 Å². The minimum Gasteiger partial charge on any atom is -0.481 e. The predicted molar refractivity (Wildman–Crippen MR) is 87.6 cm³/mol. The van der Waals surface area contributed by atoms with Crippen LogP contribution >= 0.6 is 0 Å². The second-order valence-electron chi connectivity index (χ2n) is 6.38. The Morgan fingerprint density at radius 1 is 1.26 bits per heavy atom. The Morgan fingerprint density at radius 2 is 1.96 bits per heavy atom. The average molecular weight is 318 g/mol. The standard InChI is InChI=1S/C17H22N2O4/c1-17(2,3)23-16(22)18-9-8-12-11-6-4-5-7-13(11)19-14(12)10-15(20)21/h4-7,19H,8-10H2,1-3H3,(H,18,22)(H,20,21). The van der Waals surface area contributed by atoms with Crippen molar-refractivity contribution in [3.8, 4) is 0 Å². The Kier molecular flexibility index (Phi) is 4.93. The number of hydrogen-bond donors (Lipinski definition) is 3. The summed E-state index contributed by atoms with van der Waals surface area (Å²) < 4.78 is 5.19. The summed E-state index contributed by atoms with van der Waals surface area (Å²) in [4.78, 5) is 25.9. The summed E-state index contributed by atoms with van der Waals surface area (Å²) in [6, 6.07) is 7.66. The van der Waals surface area contributed by atoms with E-state index in [4.69, 9.17) is 9.84 Å². The SMILES string of the molecule is CC(C)(C)OC(=O)NCCc1c(CC(=O)O)[nH]c2ccccc12. The van der Waals surface area contributed by atoms with Gasteiger partial charge in [0.2, 0.25) is 0 Å². The normalized spacial score (nSPS) is 11.4. The zero-order chi connectivity index (χ0) is 17.0. The zero-order valence-electron chi connectivity index (χ0n) is 13.6. The third-order valence-electron chi connectivity index (χ3n) is 3.27. The molecule has 0 atom stereocenters. The lowest BCUT2D eigenvalue weighted by atomic mass is 10.1. The molecule has 1 aromatic heterocycles. The molecule has 3 N–H and O–H groups in total. The number of ether oxygens (including phenoxy) is 1. The van der Waals surface area contributed by atoms with Crippen LogP contribution in [-0.2, 0) is 22.4 Å². The van der Waals surface area contributed by atoms with Gasteiger partial charge in [-0.1, -0.05) is 18.2 Å². The highest BCUT2D eigenvalue weighted by Crippen LogP contribution is 2.23. The Labute approximate surface area is 134 Å². The van der Waals surface area contributed by atoms with Crippen LogP contribution in [0.4, 0.5) is 4.79 Å². The van der Waals surface area contributed by atoms with Gasteiger partial charge in [-0.3, -0.25) is 4.79 Å². The molecule has 0 bridgehead atoms. The second-order valence-corrected chi connectivity index (χ2v) is 6.38. The number of carbonyl (C=O) groups excluding carboxylic acids is 1. The molecule has 1 amide bonds. The number of aliphatic carboxylic acids is 1. The number of aromatic amines is 1. The summed E-state index contributed by atoms with van der Waals surface area (Å²) in [5.41, 5.74) is 1.94. The topological polar surface area (TPSA) is 91.4 Å². The number of carboxylic acids is 1. The summed E-state index contributed by atoms with van der Waals surface area (Å²) >= 11 is 0. The Hall–Kier alpha value is -2.50. The van der Waals surface area contributed by atoms with Crippen LogP contribution in [-0.4, -0.2) is 34.3 Å². The van der Waals surface area contributed by atoms with E-state index in [2.05, 4.69) is 10.3 Å². The number of benzene rings is 1. The van der Waals surface area contributed by atoms with Crippen molar-refractivity contribution in [3.05, 3.63) is 35.5 Å². The number of para-hydroxylation sites is 1. The number of alkyl carbamates (subject to hydrolysis) is 1. The number of H-pyrrole nitrogens is 1. The summed E-state index contributed by atoms with van der Waals surface area (Å²) in [6.45, 7) is 5.79. The van der Waals surface area contributed by atoms with Crippen molar-refractivity contribution < 1.29 is 19.4 Å². The monoisotopic (exact) mass is 318 g/mol. The molecule has 6 heteroatoms. The van der Waals surface area contributed by atoms with Gasteiger partial charge in [-0.2, -0.15) is 0 Å². The molecule has 0 aliphatic heterocycles. The van der Waals surface area contributed by atoms with Gasteiger partial charge < -0.3 is 20.1 Å². The van der Waals surface area contributed by atoms with Crippen molar-refractivity contribution in [2.24, 2.45) is 0 Å². The number of hydrogen-bond acceptors (Lipinski definition) is 3. The lowest BCUT2D eigenvalue weighted by molar-refractivity contribution is -0.136. The van der Waals surface area contributed by atoms with E-state index in [1.165, 1.54) is 0 Å². The van der Waals surface area contributed by atoms with E-state index in [1.807, 2.05) is 24.3 Å². The molecule has 124 valence electrons. The molecule has 1 aromatic carbocycles. The van der Waals surface area contributed by atoms with E-state index in [0.29, 0.717) is 18.7 Å². The maximum Gasteiger partial charge on any atom is 0.407 e. The van der Waals surface area contributed by atoms with Gasteiger partial charge in [0.1, 0.15) is 5.60 Å².